The van der Waals surface area contributed by atoms with E-state index in [0.29, 0.717) is 37.8 Å². The van der Waals surface area contributed by atoms with E-state index in [4.69, 9.17) is 4.98 Å². The van der Waals surface area contributed by atoms with Gasteiger partial charge < -0.3 is 15.2 Å². The third-order valence-corrected chi connectivity index (χ3v) is 7.73. The molecule has 0 radical (unpaired) electrons. The molecule has 1 aromatic carbocycles. The van der Waals surface area contributed by atoms with Crippen molar-refractivity contribution in [2.24, 2.45) is 0 Å². The van der Waals surface area contributed by atoms with Crippen LogP contribution < -0.4 is 10.6 Å². The zero-order chi connectivity index (χ0) is 23.5. The van der Waals surface area contributed by atoms with Crippen LogP contribution in [0.4, 0.5) is 11.6 Å². The first kappa shape index (κ1) is 22.5. The molecule has 1 saturated heterocycles. The molecule has 0 atom stereocenters. The van der Waals surface area contributed by atoms with Gasteiger partial charge in [0.2, 0.25) is 16.0 Å². The smallest absolute Gasteiger partial charge is 0.243 e. The average molecular weight is 478 g/mol. The van der Waals surface area contributed by atoms with Gasteiger partial charge >= 0.3 is 0 Å². The SMILES string of the molecule is CCCn1cc(-c2ccnc(Nc3cccc(S(=O)(=O)N4CCNCC4)c3)n2)c2cccnc21. The highest BCUT2D eigenvalue weighted by molar-refractivity contribution is 7.89. The number of aryl methyl sites for hydroxylation is 1. The molecule has 0 spiro atoms. The summed E-state index contributed by atoms with van der Waals surface area (Å²) < 4.78 is 29.7. The Labute approximate surface area is 198 Å². The normalized spacial score (nSPS) is 15.0. The zero-order valence-electron chi connectivity index (χ0n) is 19.0. The van der Waals surface area contributed by atoms with Crippen LogP contribution in [0.3, 0.4) is 0 Å². The fraction of sp³-hybridized carbons (Fsp3) is 0.292. The maximum Gasteiger partial charge on any atom is 0.243 e. The molecule has 2 N–H and O–H groups in total. The molecule has 0 saturated carbocycles. The van der Waals surface area contributed by atoms with E-state index in [0.717, 1.165) is 35.3 Å². The first-order valence-corrected chi connectivity index (χ1v) is 12.9. The Morgan fingerprint density at radius 2 is 1.91 bits per heavy atom. The number of hydrogen-bond acceptors (Lipinski definition) is 7. The largest absolute Gasteiger partial charge is 0.332 e. The molecule has 0 bridgehead atoms. The Morgan fingerprint density at radius 1 is 1.06 bits per heavy atom. The number of aromatic nitrogens is 4. The molecule has 1 aliphatic rings. The number of sulfonamides is 1. The van der Waals surface area contributed by atoms with E-state index in [1.807, 2.05) is 24.3 Å². The summed E-state index contributed by atoms with van der Waals surface area (Å²) in [6.45, 7) is 5.25. The van der Waals surface area contributed by atoms with Gasteiger partial charge in [0.25, 0.3) is 0 Å². The van der Waals surface area contributed by atoms with Crippen LogP contribution in [-0.4, -0.2) is 58.4 Å². The summed E-state index contributed by atoms with van der Waals surface area (Å²) in [4.78, 5) is 13.9. The second-order valence-electron chi connectivity index (χ2n) is 8.18. The van der Waals surface area contributed by atoms with Crippen molar-refractivity contribution in [2.75, 3.05) is 31.5 Å². The zero-order valence-corrected chi connectivity index (χ0v) is 19.8. The fourth-order valence-electron chi connectivity index (χ4n) is 4.20. The van der Waals surface area contributed by atoms with Crippen molar-refractivity contribution < 1.29 is 8.42 Å². The van der Waals surface area contributed by atoms with Crippen molar-refractivity contribution in [3.63, 3.8) is 0 Å². The van der Waals surface area contributed by atoms with Gasteiger partial charge in [0.05, 0.1) is 10.6 Å². The number of fused-ring (bicyclic) bond motifs is 1. The lowest BCUT2D eigenvalue weighted by atomic mass is 10.1. The number of rotatable bonds is 7. The van der Waals surface area contributed by atoms with Crippen LogP contribution in [0.2, 0.25) is 0 Å². The fourth-order valence-corrected chi connectivity index (χ4v) is 5.69. The van der Waals surface area contributed by atoms with Crippen molar-refractivity contribution in [1.82, 2.24) is 29.1 Å². The number of anilines is 2. The maximum absolute atomic E-state index is 13.0. The third kappa shape index (κ3) is 4.39. The highest BCUT2D eigenvalue weighted by Crippen LogP contribution is 2.29. The van der Waals surface area contributed by atoms with Gasteiger partial charge in [0.1, 0.15) is 5.65 Å². The maximum atomic E-state index is 13.0. The van der Waals surface area contributed by atoms with Gasteiger partial charge in [-0.2, -0.15) is 4.31 Å². The molecule has 176 valence electrons. The van der Waals surface area contributed by atoms with Crippen LogP contribution in [0.25, 0.3) is 22.3 Å². The predicted octanol–water partition coefficient (Wildman–Crippen LogP) is 3.24. The molecule has 9 nitrogen and oxygen atoms in total. The summed E-state index contributed by atoms with van der Waals surface area (Å²) in [7, 11) is -3.55. The van der Waals surface area contributed by atoms with Gasteiger partial charge in [-0.3, -0.25) is 0 Å². The van der Waals surface area contributed by atoms with Gasteiger partial charge in [-0.25, -0.2) is 23.4 Å². The lowest BCUT2D eigenvalue weighted by Gasteiger charge is -2.26. The monoisotopic (exact) mass is 477 g/mol. The molecule has 10 heteroatoms. The average Bonchev–Trinajstić information content (AvgIpc) is 3.24. The van der Waals surface area contributed by atoms with Crippen molar-refractivity contribution in [3.8, 4) is 11.3 Å². The molecular weight excluding hydrogens is 450 g/mol. The molecule has 34 heavy (non-hydrogen) atoms. The first-order chi connectivity index (χ1) is 16.6. The van der Waals surface area contributed by atoms with Crippen LogP contribution in [0, 0.1) is 0 Å². The molecule has 0 amide bonds. The molecule has 0 unspecified atom stereocenters. The minimum atomic E-state index is -3.55. The highest BCUT2D eigenvalue weighted by atomic mass is 32.2. The number of nitrogens with zero attached hydrogens (tertiary/aromatic N) is 5. The van der Waals surface area contributed by atoms with Crippen LogP contribution in [0.1, 0.15) is 13.3 Å². The van der Waals surface area contributed by atoms with E-state index >= 15 is 0 Å². The van der Waals surface area contributed by atoms with Gasteiger partial charge in [0, 0.05) is 68.0 Å². The van der Waals surface area contributed by atoms with E-state index < -0.39 is 10.0 Å². The summed E-state index contributed by atoms with van der Waals surface area (Å²) in [5, 5.41) is 7.38. The Kier molecular flexibility index (Phi) is 6.27. The lowest BCUT2D eigenvalue weighted by Crippen LogP contribution is -2.46. The van der Waals surface area contributed by atoms with E-state index in [1.165, 1.54) is 4.31 Å². The molecule has 0 aliphatic carbocycles. The van der Waals surface area contributed by atoms with E-state index in [-0.39, 0.29) is 4.90 Å². The highest BCUT2D eigenvalue weighted by Gasteiger charge is 2.26. The summed E-state index contributed by atoms with van der Waals surface area (Å²) in [5.41, 5.74) is 3.30. The number of piperazine rings is 1. The summed E-state index contributed by atoms with van der Waals surface area (Å²) >= 11 is 0. The summed E-state index contributed by atoms with van der Waals surface area (Å²) in [5.74, 6) is 0.398. The second-order valence-corrected chi connectivity index (χ2v) is 10.1. The van der Waals surface area contributed by atoms with Crippen molar-refractivity contribution in [1.29, 1.82) is 0 Å². The second kappa shape index (κ2) is 9.49. The van der Waals surface area contributed by atoms with Gasteiger partial charge in [-0.05, 0) is 42.8 Å². The number of benzene rings is 1. The first-order valence-electron chi connectivity index (χ1n) is 11.4. The van der Waals surface area contributed by atoms with Gasteiger partial charge in [-0.15, -0.1) is 0 Å². The van der Waals surface area contributed by atoms with Crippen LogP contribution in [0.15, 0.2) is 66.0 Å². The Bertz CT molecular complexity index is 1410. The molecule has 4 aromatic rings. The van der Waals surface area contributed by atoms with Crippen LogP contribution in [0.5, 0.6) is 0 Å². The molecule has 4 heterocycles. The Balaban J connectivity index is 1.44. The quantitative estimate of drug-likeness (QED) is 0.421. The molecule has 1 fully saturated rings. The van der Waals surface area contributed by atoms with Crippen molar-refractivity contribution in [2.45, 2.75) is 24.8 Å². The van der Waals surface area contributed by atoms with Gasteiger partial charge in [-0.1, -0.05) is 13.0 Å². The molecule has 1 aliphatic heterocycles. The minimum absolute atomic E-state index is 0.254. The number of nitrogens with one attached hydrogen (secondary N) is 2. The molecule has 5 rings (SSSR count). The predicted molar refractivity (Wildman–Crippen MR) is 132 cm³/mol. The minimum Gasteiger partial charge on any atom is -0.332 e. The number of pyridine rings is 1. The van der Waals surface area contributed by atoms with Crippen molar-refractivity contribution >= 4 is 32.7 Å². The lowest BCUT2D eigenvalue weighted by molar-refractivity contribution is 0.360. The van der Waals surface area contributed by atoms with E-state index in [9.17, 15) is 8.42 Å². The topological polar surface area (TPSA) is 105 Å². The van der Waals surface area contributed by atoms with Crippen LogP contribution >= 0.6 is 0 Å². The third-order valence-electron chi connectivity index (χ3n) is 5.83. The van der Waals surface area contributed by atoms with Crippen LogP contribution in [-0.2, 0) is 16.6 Å². The Morgan fingerprint density at radius 3 is 2.74 bits per heavy atom. The van der Waals surface area contributed by atoms with Gasteiger partial charge in [0.15, 0.2) is 0 Å². The molecular formula is C24H27N7O2S. The standard InChI is InChI=1S/C24H27N7O2S/c1-2-13-30-17-21(20-7-4-9-26-23(20)30)22-8-10-27-24(29-22)28-18-5-3-6-19(16-18)34(32,33)31-14-11-25-12-15-31/h3-10,16-17,25H,2,11-15H2,1H3,(H,27,28,29). The summed E-state index contributed by atoms with van der Waals surface area (Å²) in [6.07, 6.45) is 6.58. The molecule has 3 aromatic heterocycles. The number of hydrogen-bond donors (Lipinski definition) is 2. The summed E-state index contributed by atoms with van der Waals surface area (Å²) in [6, 6.07) is 12.6. The van der Waals surface area contributed by atoms with E-state index in [2.05, 4.69) is 38.3 Å². The van der Waals surface area contributed by atoms with E-state index in [1.54, 1.807) is 30.6 Å². The Hall–Kier alpha value is -3.34. The van der Waals surface area contributed by atoms with Crippen molar-refractivity contribution in [3.05, 3.63) is 61.1 Å².